The van der Waals surface area contributed by atoms with Crippen molar-refractivity contribution in [2.24, 2.45) is 0 Å². The normalized spacial score (nSPS) is 18.4. The van der Waals surface area contributed by atoms with E-state index in [-0.39, 0.29) is 30.6 Å². The molecule has 0 bridgehead atoms. The summed E-state index contributed by atoms with van der Waals surface area (Å²) in [6.45, 7) is 2.60. The second-order valence-electron chi connectivity index (χ2n) is 8.91. The van der Waals surface area contributed by atoms with Gasteiger partial charge in [-0.2, -0.15) is 5.26 Å². The van der Waals surface area contributed by atoms with Crippen LogP contribution in [-0.4, -0.2) is 69.3 Å². The molecule has 0 unspecified atom stereocenters. The number of hydrogen-bond acceptors (Lipinski definition) is 8. The number of nitrogens with one attached hydrogen (secondary N) is 1. The molecule has 1 saturated heterocycles. The number of aromatic nitrogens is 2. The lowest BCUT2D eigenvalue weighted by Crippen LogP contribution is -2.55. The summed E-state index contributed by atoms with van der Waals surface area (Å²) in [5.41, 5.74) is 1.46. The number of carbonyl (C=O) groups excluding carboxylic acids is 1. The molecule has 3 heterocycles. The molecular weight excluding hydrogens is 468 g/mol. The van der Waals surface area contributed by atoms with Gasteiger partial charge in [0.15, 0.2) is 11.4 Å². The maximum Gasteiger partial charge on any atom is 0.274 e. The molecule has 180 valence electrons. The lowest BCUT2D eigenvalue weighted by Gasteiger charge is -2.41. The minimum atomic E-state index is -0.545. The van der Waals surface area contributed by atoms with E-state index in [4.69, 9.17) is 16.9 Å². The first kappa shape index (κ1) is 23.3. The first-order valence-corrected chi connectivity index (χ1v) is 11.9. The Bertz CT molecular complexity index is 1320. The highest BCUT2D eigenvalue weighted by Crippen LogP contribution is 2.32. The van der Waals surface area contributed by atoms with E-state index in [1.54, 1.807) is 18.2 Å². The van der Waals surface area contributed by atoms with Crippen LogP contribution in [0.3, 0.4) is 0 Å². The molecular formula is C25H25ClN6O3. The number of carbonyl (C=O) groups is 1. The van der Waals surface area contributed by atoms with E-state index in [2.05, 4.69) is 25.1 Å². The zero-order valence-corrected chi connectivity index (χ0v) is 19.7. The monoisotopic (exact) mass is 492 g/mol. The van der Waals surface area contributed by atoms with Gasteiger partial charge in [0.1, 0.15) is 5.82 Å². The number of fused-ring (bicyclic) bond motifs is 1. The summed E-state index contributed by atoms with van der Waals surface area (Å²) < 4.78 is 0. The molecule has 1 aliphatic heterocycles. The molecule has 10 heteroatoms. The number of aromatic hydroxyl groups is 1. The minimum Gasteiger partial charge on any atom is -0.505 e. The fourth-order valence-electron chi connectivity index (χ4n) is 4.57. The number of pyridine rings is 2. The molecule has 3 N–H and O–H groups in total. The number of aliphatic hydroxyl groups is 1. The van der Waals surface area contributed by atoms with Crippen molar-refractivity contribution < 1.29 is 15.0 Å². The third-order valence-electron chi connectivity index (χ3n) is 6.62. The van der Waals surface area contributed by atoms with Crippen molar-refractivity contribution in [2.75, 3.05) is 31.1 Å². The van der Waals surface area contributed by atoms with Crippen LogP contribution in [0.25, 0.3) is 10.9 Å². The Morgan fingerprint density at radius 3 is 2.80 bits per heavy atom. The molecule has 1 saturated carbocycles. The first-order valence-electron chi connectivity index (χ1n) is 11.6. The number of aliphatic hydroxyl groups excluding tert-OH is 1. The summed E-state index contributed by atoms with van der Waals surface area (Å²) in [6.07, 6.45) is 3.88. The summed E-state index contributed by atoms with van der Waals surface area (Å²) in [5.74, 6) is -0.0343. The Balaban J connectivity index is 1.31. The molecule has 2 aliphatic rings. The van der Waals surface area contributed by atoms with Gasteiger partial charge in [0.25, 0.3) is 5.91 Å². The van der Waals surface area contributed by atoms with Crippen LogP contribution in [0.2, 0.25) is 5.02 Å². The van der Waals surface area contributed by atoms with Crippen LogP contribution in [0.4, 0.5) is 5.82 Å². The summed E-state index contributed by atoms with van der Waals surface area (Å²) >= 11 is 6.17. The molecule has 9 nitrogen and oxygen atoms in total. The van der Waals surface area contributed by atoms with Gasteiger partial charge in [-0.3, -0.25) is 9.69 Å². The largest absolute Gasteiger partial charge is 0.505 e. The van der Waals surface area contributed by atoms with Crippen LogP contribution in [-0.2, 0) is 6.54 Å². The van der Waals surface area contributed by atoms with Gasteiger partial charge in [0.05, 0.1) is 36.0 Å². The van der Waals surface area contributed by atoms with Gasteiger partial charge in [-0.15, -0.1) is 0 Å². The molecule has 2 fully saturated rings. The van der Waals surface area contributed by atoms with E-state index in [1.165, 1.54) is 25.1 Å². The van der Waals surface area contributed by atoms with Crippen LogP contribution < -0.4 is 10.2 Å². The number of benzene rings is 1. The molecule has 1 aliphatic carbocycles. The Morgan fingerprint density at radius 1 is 1.26 bits per heavy atom. The molecule has 35 heavy (non-hydrogen) atoms. The lowest BCUT2D eigenvalue weighted by atomic mass is 10.1. The van der Waals surface area contributed by atoms with Crippen LogP contribution in [0, 0.1) is 11.3 Å². The van der Waals surface area contributed by atoms with Gasteiger partial charge >= 0.3 is 0 Å². The summed E-state index contributed by atoms with van der Waals surface area (Å²) in [7, 11) is 0. The number of hydrogen-bond donors (Lipinski definition) is 3. The van der Waals surface area contributed by atoms with Crippen molar-refractivity contribution in [1.29, 1.82) is 5.26 Å². The van der Waals surface area contributed by atoms with Gasteiger partial charge < -0.3 is 20.4 Å². The second-order valence-corrected chi connectivity index (χ2v) is 9.32. The Morgan fingerprint density at radius 2 is 2.09 bits per heavy atom. The van der Waals surface area contributed by atoms with Crippen LogP contribution in [0.1, 0.15) is 34.5 Å². The Kier molecular flexibility index (Phi) is 6.43. The Hall–Kier alpha value is -3.45. The standard InChI is InChI=1S/C25H25ClN6O3/c26-20-9-15(10-27)1-2-16(20)11-29-25(35)23-24(34)19-5-6-22(30-21(19)12-28-23)31-7-8-32(17-3-4-17)18(13-31)14-33/h1-2,5-6,9,12,17-18,33-34H,3-4,7-8,11,13-14H2,(H,29,35)/t18-/m1/s1. The zero-order valence-electron chi connectivity index (χ0n) is 19.0. The second kappa shape index (κ2) is 9.66. The molecule has 3 aromatic rings. The van der Waals surface area contributed by atoms with E-state index in [9.17, 15) is 15.0 Å². The van der Waals surface area contributed by atoms with Crippen molar-refractivity contribution in [3.05, 3.63) is 58.4 Å². The quantitative estimate of drug-likeness (QED) is 0.479. The fourth-order valence-corrected chi connectivity index (χ4v) is 4.81. The zero-order chi connectivity index (χ0) is 24.5. The van der Waals surface area contributed by atoms with Gasteiger partial charge in [-0.25, -0.2) is 9.97 Å². The summed E-state index contributed by atoms with van der Waals surface area (Å²) in [6, 6.07) is 11.1. The molecule has 5 rings (SSSR count). The number of nitriles is 1. The maximum atomic E-state index is 12.7. The SMILES string of the molecule is N#Cc1ccc(CNC(=O)c2ncc3nc(N4CCN(C5CC5)[C@@H](CO)C4)ccc3c2O)c(Cl)c1. The van der Waals surface area contributed by atoms with Crippen molar-refractivity contribution in [1.82, 2.24) is 20.2 Å². The smallest absolute Gasteiger partial charge is 0.274 e. The molecule has 0 radical (unpaired) electrons. The van der Waals surface area contributed by atoms with E-state index < -0.39 is 5.91 Å². The molecule has 1 amide bonds. The van der Waals surface area contributed by atoms with Crippen molar-refractivity contribution in [3.8, 4) is 11.8 Å². The molecule has 2 aromatic heterocycles. The van der Waals surface area contributed by atoms with Gasteiger partial charge in [-0.1, -0.05) is 17.7 Å². The lowest BCUT2D eigenvalue weighted by molar-refractivity contribution is 0.0943. The van der Waals surface area contributed by atoms with Crippen LogP contribution in [0.15, 0.2) is 36.5 Å². The number of nitrogens with zero attached hydrogens (tertiary/aromatic N) is 5. The van der Waals surface area contributed by atoms with Crippen molar-refractivity contribution >= 4 is 34.2 Å². The third-order valence-corrected chi connectivity index (χ3v) is 6.97. The van der Waals surface area contributed by atoms with E-state index >= 15 is 0 Å². The highest BCUT2D eigenvalue weighted by atomic mass is 35.5. The number of piperazine rings is 1. The molecule has 1 atom stereocenters. The predicted octanol–water partition coefficient (Wildman–Crippen LogP) is 2.44. The number of rotatable bonds is 6. The van der Waals surface area contributed by atoms with E-state index in [0.29, 0.717) is 39.6 Å². The van der Waals surface area contributed by atoms with Crippen molar-refractivity contribution in [3.63, 3.8) is 0 Å². The number of amides is 1. The predicted molar refractivity (Wildman–Crippen MR) is 131 cm³/mol. The Labute approximate surface area is 207 Å². The highest BCUT2D eigenvalue weighted by Gasteiger charge is 2.37. The number of halogens is 1. The maximum absolute atomic E-state index is 12.7. The van der Waals surface area contributed by atoms with Crippen LogP contribution >= 0.6 is 11.6 Å². The average molecular weight is 493 g/mol. The molecule has 0 spiro atoms. The van der Waals surface area contributed by atoms with Gasteiger partial charge in [0, 0.05) is 42.6 Å². The average Bonchev–Trinajstić information content (AvgIpc) is 3.73. The van der Waals surface area contributed by atoms with Crippen molar-refractivity contribution in [2.45, 2.75) is 31.5 Å². The first-order chi connectivity index (χ1) is 17.0. The molecule has 1 aromatic carbocycles. The highest BCUT2D eigenvalue weighted by molar-refractivity contribution is 6.31. The van der Waals surface area contributed by atoms with E-state index in [1.807, 2.05) is 12.1 Å². The minimum absolute atomic E-state index is 0.0796. The van der Waals surface area contributed by atoms with E-state index in [0.717, 1.165) is 18.9 Å². The van der Waals surface area contributed by atoms with Gasteiger partial charge in [-0.05, 0) is 42.7 Å². The number of anilines is 1. The summed E-state index contributed by atoms with van der Waals surface area (Å²) in [4.78, 5) is 26.1. The fraction of sp³-hybridized carbons (Fsp3) is 0.360. The van der Waals surface area contributed by atoms with Gasteiger partial charge in [0.2, 0.25) is 0 Å². The summed E-state index contributed by atoms with van der Waals surface area (Å²) in [5, 5.41) is 33.1. The van der Waals surface area contributed by atoms with Crippen LogP contribution in [0.5, 0.6) is 5.75 Å². The third kappa shape index (κ3) is 4.73. The topological polar surface area (TPSA) is 126 Å².